The molecule has 0 atom stereocenters. The van der Waals surface area contributed by atoms with Crippen LogP contribution in [0.15, 0.2) is 48.5 Å². The number of nitrogens with zero attached hydrogens (tertiary/aromatic N) is 2. The molecule has 1 saturated heterocycles. The molecule has 7 rings (SSSR count). The van der Waals surface area contributed by atoms with E-state index in [0.717, 1.165) is 29.1 Å². The van der Waals surface area contributed by atoms with Gasteiger partial charge in [0.05, 0.1) is 11.4 Å². The van der Waals surface area contributed by atoms with Gasteiger partial charge < -0.3 is 20.4 Å². The van der Waals surface area contributed by atoms with E-state index in [1.54, 1.807) is 24.3 Å². The normalized spacial score (nSPS) is 27.8. The SMILES string of the molecule is O=C(CC12CC3CC(CC(C3)C1)C2)NC(=S)Nc1ccccc1N1CCN(C(=O)c2ccc(Cl)cc2)CC1. The van der Waals surface area contributed by atoms with E-state index in [0.29, 0.717) is 48.3 Å². The summed E-state index contributed by atoms with van der Waals surface area (Å²) < 4.78 is 0. The Morgan fingerprint density at radius 2 is 1.50 bits per heavy atom. The van der Waals surface area contributed by atoms with E-state index in [1.165, 1.54) is 38.5 Å². The number of piperazine rings is 1. The summed E-state index contributed by atoms with van der Waals surface area (Å²) in [5.74, 6) is 2.54. The number of anilines is 2. The Hall–Kier alpha value is -2.64. The molecule has 4 bridgehead atoms. The van der Waals surface area contributed by atoms with Crippen molar-refractivity contribution in [2.75, 3.05) is 36.4 Å². The highest BCUT2D eigenvalue weighted by molar-refractivity contribution is 7.80. The van der Waals surface area contributed by atoms with Crippen LogP contribution in [0.1, 0.15) is 55.3 Å². The maximum absolute atomic E-state index is 13.1. The first kappa shape index (κ1) is 25.6. The van der Waals surface area contributed by atoms with Gasteiger partial charge in [0.15, 0.2) is 5.11 Å². The van der Waals surface area contributed by atoms with E-state index >= 15 is 0 Å². The molecule has 38 heavy (non-hydrogen) atoms. The average molecular weight is 551 g/mol. The van der Waals surface area contributed by atoms with Crippen LogP contribution in [0.5, 0.6) is 0 Å². The summed E-state index contributed by atoms with van der Waals surface area (Å²) in [6, 6.07) is 15.0. The quantitative estimate of drug-likeness (QED) is 0.466. The van der Waals surface area contributed by atoms with E-state index in [1.807, 2.05) is 23.1 Å². The Morgan fingerprint density at radius 3 is 2.13 bits per heavy atom. The number of benzene rings is 2. The van der Waals surface area contributed by atoms with Gasteiger partial charge in [-0.3, -0.25) is 9.59 Å². The Bertz CT molecular complexity index is 1190. The van der Waals surface area contributed by atoms with Crippen molar-refractivity contribution < 1.29 is 9.59 Å². The molecule has 1 heterocycles. The fourth-order valence-corrected chi connectivity index (χ4v) is 8.30. The van der Waals surface area contributed by atoms with Crippen molar-refractivity contribution in [2.24, 2.45) is 23.2 Å². The second-order valence-corrected chi connectivity index (χ2v) is 12.7. The zero-order valence-electron chi connectivity index (χ0n) is 21.6. The molecule has 1 aliphatic heterocycles. The van der Waals surface area contributed by atoms with Gasteiger partial charge in [0.2, 0.25) is 5.91 Å². The lowest BCUT2D eigenvalue weighted by Gasteiger charge is -2.56. The first-order valence-corrected chi connectivity index (χ1v) is 14.6. The van der Waals surface area contributed by atoms with Crippen LogP contribution in [0.25, 0.3) is 0 Å². The van der Waals surface area contributed by atoms with Crippen LogP contribution in [0.2, 0.25) is 5.02 Å². The van der Waals surface area contributed by atoms with Crippen molar-refractivity contribution in [1.29, 1.82) is 0 Å². The molecular weight excluding hydrogens is 516 g/mol. The zero-order valence-corrected chi connectivity index (χ0v) is 23.2. The maximum atomic E-state index is 13.1. The standard InChI is InChI=1S/C30H35ClN4O2S/c31-24-7-5-23(6-8-24)28(37)35-11-9-34(10-12-35)26-4-2-1-3-25(26)32-29(38)33-27(36)19-30-16-20-13-21(17-30)15-22(14-20)18-30/h1-8,20-22H,9-19H2,(H2,32,33,36,38). The summed E-state index contributed by atoms with van der Waals surface area (Å²) >= 11 is 11.5. The minimum atomic E-state index is 0.0237. The van der Waals surface area contributed by atoms with Crippen molar-refractivity contribution in [1.82, 2.24) is 10.2 Å². The van der Waals surface area contributed by atoms with E-state index in [4.69, 9.17) is 23.8 Å². The highest BCUT2D eigenvalue weighted by Gasteiger charge is 2.51. The molecule has 6 nitrogen and oxygen atoms in total. The predicted octanol–water partition coefficient (Wildman–Crippen LogP) is 5.72. The molecule has 0 spiro atoms. The summed E-state index contributed by atoms with van der Waals surface area (Å²) in [6.45, 7) is 2.68. The minimum absolute atomic E-state index is 0.0237. The summed E-state index contributed by atoms with van der Waals surface area (Å²) in [7, 11) is 0. The molecule has 0 unspecified atom stereocenters. The Kier molecular flexibility index (Phi) is 7.08. The first-order valence-electron chi connectivity index (χ1n) is 13.9. The van der Waals surface area contributed by atoms with Gasteiger partial charge in [0.25, 0.3) is 5.91 Å². The van der Waals surface area contributed by atoms with Crippen molar-refractivity contribution in [3.63, 3.8) is 0 Å². The van der Waals surface area contributed by atoms with E-state index in [9.17, 15) is 9.59 Å². The number of amides is 2. The van der Waals surface area contributed by atoms with Gasteiger partial charge in [-0.25, -0.2) is 0 Å². The topological polar surface area (TPSA) is 64.7 Å². The largest absolute Gasteiger partial charge is 0.366 e. The van der Waals surface area contributed by atoms with Crippen LogP contribution in [-0.4, -0.2) is 48.0 Å². The van der Waals surface area contributed by atoms with Gasteiger partial charge in [0, 0.05) is 43.2 Å². The van der Waals surface area contributed by atoms with Crippen LogP contribution in [-0.2, 0) is 4.79 Å². The number of nitrogens with one attached hydrogen (secondary N) is 2. The molecule has 5 fully saturated rings. The fourth-order valence-electron chi connectivity index (χ4n) is 7.95. The van der Waals surface area contributed by atoms with Crippen molar-refractivity contribution in [2.45, 2.75) is 44.9 Å². The molecule has 2 N–H and O–H groups in total. The third kappa shape index (κ3) is 5.41. The Morgan fingerprint density at radius 1 is 0.895 bits per heavy atom. The third-order valence-electron chi connectivity index (χ3n) is 9.10. The summed E-state index contributed by atoms with van der Waals surface area (Å²) in [5, 5.41) is 7.23. The Balaban J connectivity index is 1.04. The van der Waals surface area contributed by atoms with Crippen molar-refractivity contribution >= 4 is 52.1 Å². The number of carbonyl (C=O) groups excluding carboxylic acids is 2. The van der Waals surface area contributed by atoms with Gasteiger partial charge in [-0.1, -0.05) is 23.7 Å². The van der Waals surface area contributed by atoms with Crippen LogP contribution in [0, 0.1) is 23.2 Å². The number of rotatable bonds is 5. The third-order valence-corrected chi connectivity index (χ3v) is 9.56. The second-order valence-electron chi connectivity index (χ2n) is 11.9. The van der Waals surface area contributed by atoms with E-state index < -0.39 is 0 Å². The van der Waals surface area contributed by atoms with Crippen molar-refractivity contribution in [3.8, 4) is 0 Å². The number of para-hydroxylation sites is 2. The number of halogens is 1. The summed E-state index contributed by atoms with van der Waals surface area (Å²) in [4.78, 5) is 30.1. The summed E-state index contributed by atoms with van der Waals surface area (Å²) in [5.41, 5.74) is 2.73. The number of hydrogen-bond donors (Lipinski definition) is 2. The molecule has 2 amide bonds. The van der Waals surface area contributed by atoms with Gasteiger partial charge in [-0.2, -0.15) is 0 Å². The van der Waals surface area contributed by atoms with Crippen LogP contribution < -0.4 is 15.5 Å². The van der Waals surface area contributed by atoms with Crippen LogP contribution in [0.4, 0.5) is 11.4 Å². The number of hydrogen-bond acceptors (Lipinski definition) is 4. The molecule has 0 aromatic heterocycles. The first-order chi connectivity index (χ1) is 18.4. The molecule has 2 aromatic carbocycles. The van der Waals surface area contributed by atoms with E-state index in [-0.39, 0.29) is 17.2 Å². The fraction of sp³-hybridized carbons (Fsp3) is 0.500. The summed E-state index contributed by atoms with van der Waals surface area (Å²) in [6.07, 6.45) is 8.35. The lowest BCUT2D eigenvalue weighted by Crippen LogP contribution is -2.49. The van der Waals surface area contributed by atoms with Gasteiger partial charge in [0.1, 0.15) is 0 Å². The molecule has 4 aliphatic carbocycles. The van der Waals surface area contributed by atoms with Gasteiger partial charge >= 0.3 is 0 Å². The molecule has 5 aliphatic rings. The number of thiocarbonyl (C=S) groups is 1. The Labute approximate surface area is 235 Å². The monoisotopic (exact) mass is 550 g/mol. The average Bonchev–Trinajstić information content (AvgIpc) is 2.88. The highest BCUT2D eigenvalue weighted by Crippen LogP contribution is 2.61. The predicted molar refractivity (Wildman–Crippen MR) is 156 cm³/mol. The second kappa shape index (κ2) is 10.5. The molecule has 4 saturated carbocycles. The van der Waals surface area contributed by atoms with Crippen molar-refractivity contribution in [3.05, 3.63) is 59.1 Å². The smallest absolute Gasteiger partial charge is 0.253 e. The van der Waals surface area contributed by atoms with Gasteiger partial charge in [-0.15, -0.1) is 0 Å². The maximum Gasteiger partial charge on any atom is 0.253 e. The number of carbonyl (C=O) groups is 2. The lowest BCUT2D eigenvalue weighted by atomic mass is 9.49. The van der Waals surface area contributed by atoms with E-state index in [2.05, 4.69) is 21.6 Å². The molecule has 0 radical (unpaired) electrons. The highest BCUT2D eigenvalue weighted by atomic mass is 35.5. The van der Waals surface area contributed by atoms with Gasteiger partial charge in [-0.05, 0) is 110 Å². The lowest BCUT2D eigenvalue weighted by molar-refractivity contribution is -0.127. The minimum Gasteiger partial charge on any atom is -0.366 e. The molecule has 2 aromatic rings. The van der Waals surface area contributed by atoms with Crippen LogP contribution in [0.3, 0.4) is 0 Å². The van der Waals surface area contributed by atoms with Crippen LogP contribution >= 0.6 is 23.8 Å². The molecule has 200 valence electrons. The zero-order chi connectivity index (χ0) is 26.3. The molecule has 8 heteroatoms. The molecular formula is C30H35ClN4O2S.